The number of hydrogen-bond donors (Lipinski definition) is 1. The fraction of sp³-hybridized carbons (Fsp3) is 0.643. The molecule has 1 atom stereocenters. The maximum Gasteiger partial charge on any atom is 0.0397 e. The lowest BCUT2D eigenvalue weighted by Crippen LogP contribution is -2.39. The van der Waals surface area contributed by atoms with Gasteiger partial charge in [0.25, 0.3) is 0 Å². The van der Waals surface area contributed by atoms with Crippen LogP contribution in [0.4, 0.5) is 5.69 Å². The molecule has 0 amide bonds. The third-order valence-corrected chi connectivity index (χ3v) is 3.41. The number of nitrogens with one attached hydrogen (secondary N) is 1. The molecule has 2 rings (SSSR count). The SMILES string of the molecule is CCCNCC1CCCN(c2ccncc2)C1. The Labute approximate surface area is 104 Å². The topological polar surface area (TPSA) is 28.2 Å². The molecule has 0 aliphatic carbocycles. The number of aromatic nitrogens is 1. The summed E-state index contributed by atoms with van der Waals surface area (Å²) in [6.45, 7) is 6.90. The molecule has 1 saturated heterocycles. The van der Waals surface area contributed by atoms with Crippen molar-refractivity contribution in [3.8, 4) is 0 Å². The standard InChI is InChI=1S/C14H23N3/c1-2-7-16-11-13-4-3-10-17(12-13)14-5-8-15-9-6-14/h5-6,8-9,13,16H,2-4,7,10-12H2,1H3. The van der Waals surface area contributed by atoms with E-state index in [1.807, 2.05) is 12.4 Å². The summed E-state index contributed by atoms with van der Waals surface area (Å²) in [6.07, 6.45) is 7.66. The first kappa shape index (κ1) is 12.4. The zero-order valence-corrected chi connectivity index (χ0v) is 10.7. The smallest absolute Gasteiger partial charge is 0.0397 e. The van der Waals surface area contributed by atoms with E-state index in [0.29, 0.717) is 0 Å². The number of piperidine rings is 1. The molecule has 0 aromatic carbocycles. The van der Waals surface area contributed by atoms with Gasteiger partial charge in [0.1, 0.15) is 0 Å². The van der Waals surface area contributed by atoms with Crippen LogP contribution in [0.3, 0.4) is 0 Å². The summed E-state index contributed by atoms with van der Waals surface area (Å²) in [5.74, 6) is 0.795. The Kier molecular flexibility index (Phi) is 4.80. The quantitative estimate of drug-likeness (QED) is 0.791. The highest BCUT2D eigenvalue weighted by Crippen LogP contribution is 2.21. The molecule has 0 bridgehead atoms. The average Bonchev–Trinajstić information content (AvgIpc) is 2.41. The zero-order chi connectivity index (χ0) is 11.9. The Morgan fingerprint density at radius 2 is 2.24 bits per heavy atom. The van der Waals surface area contributed by atoms with Gasteiger partial charge in [-0.3, -0.25) is 4.98 Å². The molecule has 2 heterocycles. The molecule has 17 heavy (non-hydrogen) atoms. The predicted octanol–water partition coefficient (Wildman–Crippen LogP) is 2.30. The third kappa shape index (κ3) is 3.70. The highest BCUT2D eigenvalue weighted by molar-refractivity contribution is 5.44. The van der Waals surface area contributed by atoms with Crippen LogP contribution < -0.4 is 10.2 Å². The molecular formula is C14H23N3. The van der Waals surface area contributed by atoms with Crippen LogP contribution in [0.2, 0.25) is 0 Å². The molecule has 1 aliphatic heterocycles. The maximum absolute atomic E-state index is 4.08. The first-order valence-electron chi connectivity index (χ1n) is 6.76. The molecule has 0 radical (unpaired) electrons. The Morgan fingerprint density at radius 3 is 3.00 bits per heavy atom. The lowest BCUT2D eigenvalue weighted by atomic mass is 9.97. The summed E-state index contributed by atoms with van der Waals surface area (Å²) in [7, 11) is 0. The maximum atomic E-state index is 4.08. The Morgan fingerprint density at radius 1 is 1.41 bits per heavy atom. The largest absolute Gasteiger partial charge is 0.371 e. The Hall–Kier alpha value is -1.09. The van der Waals surface area contributed by atoms with Crippen LogP contribution in [0, 0.1) is 5.92 Å². The third-order valence-electron chi connectivity index (χ3n) is 3.41. The van der Waals surface area contributed by atoms with Crippen molar-refractivity contribution < 1.29 is 0 Å². The van der Waals surface area contributed by atoms with Gasteiger partial charge in [0.05, 0.1) is 0 Å². The highest BCUT2D eigenvalue weighted by Gasteiger charge is 2.19. The van der Waals surface area contributed by atoms with E-state index in [1.165, 1.54) is 38.0 Å². The number of nitrogens with zero attached hydrogens (tertiary/aromatic N) is 2. The van der Waals surface area contributed by atoms with Gasteiger partial charge in [0.2, 0.25) is 0 Å². The van der Waals surface area contributed by atoms with E-state index in [-0.39, 0.29) is 0 Å². The summed E-state index contributed by atoms with van der Waals surface area (Å²) in [4.78, 5) is 6.57. The molecule has 0 spiro atoms. The van der Waals surface area contributed by atoms with Gasteiger partial charge >= 0.3 is 0 Å². The summed E-state index contributed by atoms with van der Waals surface area (Å²) >= 11 is 0. The molecule has 94 valence electrons. The second-order valence-electron chi connectivity index (χ2n) is 4.86. The number of pyridine rings is 1. The van der Waals surface area contributed by atoms with Crippen LogP contribution in [0.25, 0.3) is 0 Å². The van der Waals surface area contributed by atoms with Crippen molar-refractivity contribution in [2.24, 2.45) is 5.92 Å². The van der Waals surface area contributed by atoms with Crippen molar-refractivity contribution in [1.29, 1.82) is 0 Å². The first-order chi connectivity index (χ1) is 8.40. The first-order valence-corrected chi connectivity index (χ1v) is 6.76. The van der Waals surface area contributed by atoms with E-state index in [9.17, 15) is 0 Å². The molecular weight excluding hydrogens is 210 g/mol. The molecule has 1 fully saturated rings. The molecule has 0 saturated carbocycles. The monoisotopic (exact) mass is 233 g/mol. The predicted molar refractivity (Wildman–Crippen MR) is 72.3 cm³/mol. The van der Waals surface area contributed by atoms with E-state index in [0.717, 1.165) is 19.0 Å². The van der Waals surface area contributed by atoms with Crippen LogP contribution >= 0.6 is 0 Å². The minimum absolute atomic E-state index is 0.795. The minimum Gasteiger partial charge on any atom is -0.371 e. The lowest BCUT2D eigenvalue weighted by Gasteiger charge is -2.34. The molecule has 1 unspecified atom stereocenters. The van der Waals surface area contributed by atoms with Crippen LogP contribution in [0.1, 0.15) is 26.2 Å². The van der Waals surface area contributed by atoms with Crippen molar-refractivity contribution in [1.82, 2.24) is 10.3 Å². The van der Waals surface area contributed by atoms with Gasteiger partial charge in [0.15, 0.2) is 0 Å². The van der Waals surface area contributed by atoms with E-state index in [2.05, 4.69) is 34.3 Å². The Bertz CT molecular complexity index is 313. The lowest BCUT2D eigenvalue weighted by molar-refractivity contribution is 0.392. The molecule has 3 nitrogen and oxygen atoms in total. The van der Waals surface area contributed by atoms with Crippen LogP contribution in [-0.2, 0) is 0 Å². The van der Waals surface area contributed by atoms with Crippen molar-refractivity contribution >= 4 is 5.69 Å². The van der Waals surface area contributed by atoms with Crippen LogP contribution in [-0.4, -0.2) is 31.2 Å². The van der Waals surface area contributed by atoms with Crippen molar-refractivity contribution in [2.45, 2.75) is 26.2 Å². The average molecular weight is 233 g/mol. The second-order valence-corrected chi connectivity index (χ2v) is 4.86. The summed E-state index contributed by atoms with van der Waals surface area (Å²) < 4.78 is 0. The van der Waals surface area contributed by atoms with Crippen LogP contribution in [0.15, 0.2) is 24.5 Å². The van der Waals surface area contributed by atoms with Crippen molar-refractivity contribution in [3.63, 3.8) is 0 Å². The molecule has 1 N–H and O–H groups in total. The van der Waals surface area contributed by atoms with Gasteiger partial charge in [-0.05, 0) is 50.4 Å². The fourth-order valence-corrected chi connectivity index (χ4v) is 2.50. The number of rotatable bonds is 5. The number of hydrogen-bond acceptors (Lipinski definition) is 3. The van der Waals surface area contributed by atoms with Crippen molar-refractivity contribution in [3.05, 3.63) is 24.5 Å². The van der Waals surface area contributed by atoms with Gasteiger partial charge in [-0.15, -0.1) is 0 Å². The van der Waals surface area contributed by atoms with E-state index >= 15 is 0 Å². The van der Waals surface area contributed by atoms with Gasteiger partial charge in [0, 0.05) is 31.2 Å². The zero-order valence-electron chi connectivity index (χ0n) is 10.7. The van der Waals surface area contributed by atoms with Gasteiger partial charge in [-0.2, -0.15) is 0 Å². The summed E-state index contributed by atoms with van der Waals surface area (Å²) in [6, 6.07) is 4.23. The van der Waals surface area contributed by atoms with E-state index in [1.54, 1.807) is 0 Å². The van der Waals surface area contributed by atoms with E-state index in [4.69, 9.17) is 0 Å². The normalized spacial score (nSPS) is 20.5. The van der Waals surface area contributed by atoms with E-state index < -0.39 is 0 Å². The van der Waals surface area contributed by atoms with Crippen LogP contribution in [0.5, 0.6) is 0 Å². The molecule has 1 aromatic heterocycles. The van der Waals surface area contributed by atoms with Gasteiger partial charge in [-0.1, -0.05) is 6.92 Å². The fourth-order valence-electron chi connectivity index (χ4n) is 2.50. The molecule has 1 aliphatic rings. The highest BCUT2D eigenvalue weighted by atomic mass is 15.1. The van der Waals surface area contributed by atoms with Gasteiger partial charge in [-0.25, -0.2) is 0 Å². The summed E-state index contributed by atoms with van der Waals surface area (Å²) in [5.41, 5.74) is 1.32. The molecule has 1 aromatic rings. The van der Waals surface area contributed by atoms with Gasteiger partial charge < -0.3 is 10.2 Å². The second kappa shape index (κ2) is 6.60. The van der Waals surface area contributed by atoms with Crippen molar-refractivity contribution in [2.75, 3.05) is 31.1 Å². The minimum atomic E-state index is 0.795. The number of anilines is 1. The molecule has 3 heteroatoms. The Balaban J connectivity index is 1.84. The summed E-state index contributed by atoms with van der Waals surface area (Å²) in [5, 5.41) is 3.54.